The Hall–Kier alpha value is -2.26. The lowest BCUT2D eigenvalue weighted by molar-refractivity contribution is -0.137. The van der Waals surface area contributed by atoms with E-state index in [4.69, 9.17) is 4.74 Å². The summed E-state index contributed by atoms with van der Waals surface area (Å²) in [4.78, 5) is 10.6. The maximum absolute atomic E-state index is 14.2. The third-order valence-electron chi connectivity index (χ3n) is 4.40. The molecule has 0 radical (unpaired) electrons. The van der Waals surface area contributed by atoms with Gasteiger partial charge in [-0.05, 0) is 26.1 Å². The molecule has 1 N–H and O–H groups in total. The number of anilines is 1. The fourth-order valence-corrected chi connectivity index (χ4v) is 2.92. The molecule has 27 heavy (non-hydrogen) atoms. The van der Waals surface area contributed by atoms with E-state index in [-0.39, 0.29) is 11.7 Å². The zero-order chi connectivity index (χ0) is 19.6. The molecule has 1 fully saturated rings. The monoisotopic (exact) mass is 384 g/mol. The highest BCUT2D eigenvalue weighted by Gasteiger charge is 2.31. The van der Waals surface area contributed by atoms with Crippen LogP contribution in [0.15, 0.2) is 24.4 Å². The normalized spacial score (nSPS) is 18.5. The number of benzene rings is 1. The van der Waals surface area contributed by atoms with Gasteiger partial charge in [-0.2, -0.15) is 13.2 Å². The summed E-state index contributed by atoms with van der Waals surface area (Å²) in [7, 11) is 2.02. The van der Waals surface area contributed by atoms with Gasteiger partial charge < -0.3 is 15.0 Å². The highest BCUT2D eigenvalue weighted by molar-refractivity contribution is 5.66. The molecular formula is C18H20F4N4O. The average molecular weight is 384 g/mol. The molecule has 3 rings (SSSR count). The molecule has 0 aliphatic carbocycles. The standard InChI is InChI=1S/C18H20F4N4O/c1-11-15(14-4-3-12(7-16(14)19)18(20,21)22)9-24-17(25-11)23-8-13-10-26(2)5-6-27-13/h3-4,7,9,13H,5-6,8,10H2,1-2H3,(H,23,24,25)/t13-/m1/s1. The molecule has 1 aliphatic rings. The third-order valence-corrected chi connectivity index (χ3v) is 4.40. The van der Waals surface area contributed by atoms with E-state index in [1.807, 2.05) is 7.05 Å². The number of nitrogens with zero attached hydrogens (tertiary/aromatic N) is 3. The van der Waals surface area contributed by atoms with E-state index in [2.05, 4.69) is 20.2 Å². The van der Waals surface area contributed by atoms with Crippen molar-refractivity contribution in [3.8, 4) is 11.1 Å². The largest absolute Gasteiger partial charge is 0.416 e. The second-order valence-corrected chi connectivity index (χ2v) is 6.52. The average Bonchev–Trinajstić information content (AvgIpc) is 2.60. The molecule has 1 aromatic carbocycles. The van der Waals surface area contributed by atoms with Gasteiger partial charge in [0.1, 0.15) is 5.82 Å². The van der Waals surface area contributed by atoms with Crippen LogP contribution in [0.1, 0.15) is 11.3 Å². The third kappa shape index (κ3) is 4.72. The van der Waals surface area contributed by atoms with Crippen LogP contribution in [-0.4, -0.2) is 54.3 Å². The maximum Gasteiger partial charge on any atom is 0.416 e. The molecule has 0 amide bonds. The van der Waals surface area contributed by atoms with Crippen molar-refractivity contribution >= 4 is 5.95 Å². The number of hydrogen-bond donors (Lipinski definition) is 1. The lowest BCUT2D eigenvalue weighted by Gasteiger charge is -2.30. The molecule has 9 heteroatoms. The fraction of sp³-hybridized carbons (Fsp3) is 0.444. The molecule has 1 aliphatic heterocycles. The fourth-order valence-electron chi connectivity index (χ4n) is 2.92. The number of hydrogen-bond acceptors (Lipinski definition) is 5. The number of aromatic nitrogens is 2. The Bertz CT molecular complexity index is 812. The van der Waals surface area contributed by atoms with Crippen molar-refractivity contribution in [1.29, 1.82) is 0 Å². The summed E-state index contributed by atoms with van der Waals surface area (Å²) in [6.07, 6.45) is -3.17. The summed E-state index contributed by atoms with van der Waals surface area (Å²) in [6.45, 7) is 4.52. The molecule has 0 unspecified atom stereocenters. The number of aryl methyl sites for hydroxylation is 1. The van der Waals surface area contributed by atoms with Crippen LogP contribution in [0.4, 0.5) is 23.5 Å². The molecule has 0 spiro atoms. The summed E-state index contributed by atoms with van der Waals surface area (Å²) < 4.78 is 57.9. The van der Waals surface area contributed by atoms with Crippen molar-refractivity contribution in [1.82, 2.24) is 14.9 Å². The van der Waals surface area contributed by atoms with Crippen molar-refractivity contribution in [2.75, 3.05) is 38.6 Å². The summed E-state index contributed by atoms with van der Waals surface area (Å²) in [5.74, 6) is -0.601. The quantitative estimate of drug-likeness (QED) is 0.820. The van der Waals surface area contributed by atoms with E-state index in [1.165, 1.54) is 6.20 Å². The molecule has 2 aromatic rings. The smallest absolute Gasteiger partial charge is 0.374 e. The first-order valence-electron chi connectivity index (χ1n) is 8.49. The van der Waals surface area contributed by atoms with Gasteiger partial charge >= 0.3 is 6.18 Å². The van der Waals surface area contributed by atoms with Gasteiger partial charge in [0.25, 0.3) is 0 Å². The van der Waals surface area contributed by atoms with Gasteiger partial charge in [0, 0.05) is 37.0 Å². The first kappa shape index (κ1) is 19.5. The van der Waals surface area contributed by atoms with E-state index < -0.39 is 17.6 Å². The zero-order valence-electron chi connectivity index (χ0n) is 15.0. The van der Waals surface area contributed by atoms with Gasteiger partial charge in [0.15, 0.2) is 0 Å². The Labute approximate surface area is 154 Å². The molecule has 5 nitrogen and oxygen atoms in total. The van der Waals surface area contributed by atoms with E-state index in [1.54, 1.807) is 6.92 Å². The van der Waals surface area contributed by atoms with E-state index in [0.29, 0.717) is 36.4 Å². The minimum atomic E-state index is -4.59. The molecule has 0 bridgehead atoms. The van der Waals surface area contributed by atoms with Crippen molar-refractivity contribution < 1.29 is 22.3 Å². The number of morpholine rings is 1. The number of likely N-dealkylation sites (N-methyl/N-ethyl adjacent to an activating group) is 1. The predicted molar refractivity (Wildman–Crippen MR) is 92.9 cm³/mol. The lowest BCUT2D eigenvalue weighted by atomic mass is 10.0. The van der Waals surface area contributed by atoms with Crippen LogP contribution in [0.3, 0.4) is 0 Å². The van der Waals surface area contributed by atoms with Crippen molar-refractivity contribution in [2.24, 2.45) is 0 Å². The Morgan fingerprint density at radius 1 is 1.30 bits per heavy atom. The Kier molecular flexibility index (Phi) is 5.61. The zero-order valence-corrected chi connectivity index (χ0v) is 15.0. The van der Waals surface area contributed by atoms with Crippen LogP contribution < -0.4 is 5.32 Å². The Morgan fingerprint density at radius 3 is 2.70 bits per heavy atom. The Balaban J connectivity index is 1.73. The Morgan fingerprint density at radius 2 is 2.07 bits per heavy atom. The highest BCUT2D eigenvalue weighted by atomic mass is 19.4. The van der Waals surface area contributed by atoms with E-state index in [0.717, 1.165) is 25.2 Å². The first-order valence-corrected chi connectivity index (χ1v) is 8.49. The van der Waals surface area contributed by atoms with Crippen LogP contribution in [0.25, 0.3) is 11.1 Å². The van der Waals surface area contributed by atoms with Crippen LogP contribution in [0.5, 0.6) is 0 Å². The number of halogens is 4. The molecule has 1 atom stereocenters. The highest BCUT2D eigenvalue weighted by Crippen LogP contribution is 2.33. The molecule has 1 aromatic heterocycles. The molecular weight excluding hydrogens is 364 g/mol. The molecule has 1 saturated heterocycles. The van der Waals surface area contributed by atoms with E-state index in [9.17, 15) is 17.6 Å². The van der Waals surface area contributed by atoms with Gasteiger partial charge in [-0.1, -0.05) is 6.07 Å². The second kappa shape index (κ2) is 7.77. The van der Waals surface area contributed by atoms with Gasteiger partial charge in [0.2, 0.25) is 5.95 Å². The minimum Gasteiger partial charge on any atom is -0.374 e. The van der Waals surface area contributed by atoms with Crippen LogP contribution in [0.2, 0.25) is 0 Å². The first-order chi connectivity index (χ1) is 12.7. The maximum atomic E-state index is 14.2. The minimum absolute atomic E-state index is 0.0136. The van der Waals surface area contributed by atoms with Gasteiger partial charge in [-0.25, -0.2) is 14.4 Å². The summed E-state index contributed by atoms with van der Waals surface area (Å²) in [6, 6.07) is 2.43. The molecule has 0 saturated carbocycles. The number of ether oxygens (including phenoxy) is 1. The number of alkyl halides is 3. The summed E-state index contributed by atoms with van der Waals surface area (Å²) in [5, 5.41) is 3.08. The van der Waals surface area contributed by atoms with Crippen LogP contribution >= 0.6 is 0 Å². The van der Waals surface area contributed by atoms with Gasteiger partial charge in [-0.15, -0.1) is 0 Å². The second-order valence-electron chi connectivity index (χ2n) is 6.52. The van der Waals surface area contributed by atoms with Gasteiger partial charge in [0.05, 0.1) is 24.0 Å². The predicted octanol–water partition coefficient (Wildman–Crippen LogP) is 3.35. The molecule has 2 heterocycles. The number of rotatable bonds is 4. The van der Waals surface area contributed by atoms with Crippen molar-refractivity contribution in [3.05, 3.63) is 41.5 Å². The van der Waals surface area contributed by atoms with E-state index >= 15 is 0 Å². The topological polar surface area (TPSA) is 50.3 Å². The van der Waals surface area contributed by atoms with Gasteiger partial charge in [-0.3, -0.25) is 0 Å². The van der Waals surface area contributed by atoms with Crippen molar-refractivity contribution in [3.63, 3.8) is 0 Å². The van der Waals surface area contributed by atoms with Crippen LogP contribution in [0, 0.1) is 12.7 Å². The molecule has 146 valence electrons. The van der Waals surface area contributed by atoms with Crippen molar-refractivity contribution in [2.45, 2.75) is 19.2 Å². The number of nitrogens with one attached hydrogen (secondary N) is 1. The summed E-state index contributed by atoms with van der Waals surface area (Å²) in [5.41, 5.74) is -0.185. The SMILES string of the molecule is Cc1nc(NC[C@@H]2CN(C)CCO2)ncc1-c1ccc(C(F)(F)F)cc1F. The summed E-state index contributed by atoms with van der Waals surface area (Å²) >= 11 is 0. The van der Waals surface area contributed by atoms with Crippen LogP contribution in [-0.2, 0) is 10.9 Å². The lowest BCUT2D eigenvalue weighted by Crippen LogP contribution is -2.43.